The summed E-state index contributed by atoms with van der Waals surface area (Å²) in [6.45, 7) is 6.50. The first-order valence-corrected chi connectivity index (χ1v) is 7.14. The van der Waals surface area contributed by atoms with Gasteiger partial charge < -0.3 is 5.11 Å². The molecule has 1 aliphatic heterocycles. The van der Waals surface area contributed by atoms with E-state index in [-0.39, 0.29) is 5.54 Å². The zero-order valence-electron chi connectivity index (χ0n) is 11.2. The summed E-state index contributed by atoms with van der Waals surface area (Å²) in [5.41, 5.74) is 0.778. The van der Waals surface area contributed by atoms with Gasteiger partial charge in [0.1, 0.15) is 0 Å². The number of rotatable bonds is 4. The zero-order chi connectivity index (χ0) is 13.2. The molecular formula is C15H22ClNO. The van der Waals surface area contributed by atoms with Crippen LogP contribution in [0.1, 0.15) is 44.8 Å². The largest absolute Gasteiger partial charge is 0.386 e. The summed E-state index contributed by atoms with van der Waals surface area (Å²) in [6.07, 6.45) is 2.96. The number of benzene rings is 1. The van der Waals surface area contributed by atoms with Crippen LogP contribution in [0, 0.1) is 0 Å². The third-order valence-corrected chi connectivity index (χ3v) is 4.57. The molecule has 2 unspecified atom stereocenters. The first-order chi connectivity index (χ1) is 8.58. The van der Waals surface area contributed by atoms with Gasteiger partial charge in [-0.25, -0.2) is 0 Å². The molecule has 1 fully saturated rings. The van der Waals surface area contributed by atoms with Crippen LogP contribution in [0.2, 0.25) is 5.02 Å². The van der Waals surface area contributed by atoms with Crippen LogP contribution in [-0.4, -0.2) is 28.6 Å². The number of hydrogen-bond donors (Lipinski definition) is 1. The predicted octanol–water partition coefficient (Wildman–Crippen LogP) is 3.64. The Balaban J connectivity index is 2.23. The Kier molecular flexibility index (Phi) is 4.31. The molecule has 0 radical (unpaired) electrons. The number of aliphatic hydroxyl groups is 1. The quantitative estimate of drug-likeness (QED) is 0.900. The van der Waals surface area contributed by atoms with Crippen LogP contribution in [-0.2, 0) is 0 Å². The molecular weight excluding hydrogens is 246 g/mol. The van der Waals surface area contributed by atoms with Crippen LogP contribution < -0.4 is 0 Å². The molecule has 18 heavy (non-hydrogen) atoms. The van der Waals surface area contributed by atoms with E-state index in [9.17, 15) is 5.11 Å². The standard InChI is InChI=1S/C15H22ClNO/c1-3-15(2,17-10-4-5-11-17)14(18)12-6-8-13(16)9-7-12/h6-9,14,18H,3-5,10-11H2,1-2H3. The summed E-state index contributed by atoms with van der Waals surface area (Å²) in [4.78, 5) is 2.42. The molecule has 1 N–H and O–H groups in total. The van der Waals surface area contributed by atoms with Crippen molar-refractivity contribution in [3.05, 3.63) is 34.9 Å². The van der Waals surface area contributed by atoms with Gasteiger partial charge in [-0.05, 0) is 57.0 Å². The van der Waals surface area contributed by atoms with Crippen LogP contribution in [0.3, 0.4) is 0 Å². The summed E-state index contributed by atoms with van der Waals surface area (Å²) >= 11 is 5.90. The summed E-state index contributed by atoms with van der Waals surface area (Å²) in [5, 5.41) is 11.4. The second-order valence-corrected chi connectivity index (χ2v) is 5.80. The molecule has 0 saturated carbocycles. The smallest absolute Gasteiger partial charge is 0.0970 e. The fraction of sp³-hybridized carbons (Fsp3) is 0.600. The van der Waals surface area contributed by atoms with Gasteiger partial charge >= 0.3 is 0 Å². The van der Waals surface area contributed by atoms with Crippen molar-refractivity contribution < 1.29 is 5.11 Å². The Morgan fingerprint density at radius 1 is 1.28 bits per heavy atom. The molecule has 0 spiro atoms. The minimum absolute atomic E-state index is 0.176. The average molecular weight is 268 g/mol. The van der Waals surface area contributed by atoms with E-state index < -0.39 is 6.10 Å². The molecule has 100 valence electrons. The molecule has 0 aromatic heterocycles. The molecule has 1 saturated heterocycles. The zero-order valence-corrected chi connectivity index (χ0v) is 12.0. The Labute approximate surface area is 115 Å². The van der Waals surface area contributed by atoms with Gasteiger partial charge in [-0.1, -0.05) is 30.7 Å². The highest BCUT2D eigenvalue weighted by molar-refractivity contribution is 6.30. The van der Waals surface area contributed by atoms with Crippen molar-refractivity contribution in [2.45, 2.75) is 44.8 Å². The van der Waals surface area contributed by atoms with Crippen LogP contribution >= 0.6 is 11.6 Å². The first-order valence-electron chi connectivity index (χ1n) is 6.76. The van der Waals surface area contributed by atoms with E-state index in [1.807, 2.05) is 24.3 Å². The Bertz CT molecular complexity index is 386. The van der Waals surface area contributed by atoms with Crippen molar-refractivity contribution in [1.82, 2.24) is 4.90 Å². The van der Waals surface area contributed by atoms with Crippen molar-refractivity contribution in [2.24, 2.45) is 0 Å². The summed E-state index contributed by atoms with van der Waals surface area (Å²) in [7, 11) is 0. The summed E-state index contributed by atoms with van der Waals surface area (Å²) in [5.74, 6) is 0. The molecule has 2 rings (SSSR count). The molecule has 2 nitrogen and oxygen atoms in total. The monoisotopic (exact) mass is 267 g/mol. The maximum Gasteiger partial charge on any atom is 0.0970 e. The second kappa shape index (κ2) is 5.60. The lowest BCUT2D eigenvalue weighted by atomic mass is 9.85. The maximum atomic E-state index is 10.7. The van der Waals surface area contributed by atoms with Gasteiger partial charge in [-0.2, -0.15) is 0 Å². The molecule has 1 aromatic rings. The Hall–Kier alpha value is -0.570. The van der Waals surface area contributed by atoms with Crippen LogP contribution in [0.4, 0.5) is 0 Å². The summed E-state index contributed by atoms with van der Waals surface area (Å²) < 4.78 is 0. The highest BCUT2D eigenvalue weighted by Gasteiger charge is 2.39. The van der Waals surface area contributed by atoms with E-state index in [0.29, 0.717) is 5.02 Å². The minimum Gasteiger partial charge on any atom is -0.386 e. The summed E-state index contributed by atoms with van der Waals surface area (Å²) in [6, 6.07) is 7.55. The molecule has 0 aliphatic carbocycles. The van der Waals surface area contributed by atoms with E-state index >= 15 is 0 Å². The molecule has 1 aliphatic rings. The molecule has 2 atom stereocenters. The molecule has 1 heterocycles. The van der Waals surface area contributed by atoms with Crippen molar-refractivity contribution in [3.8, 4) is 0 Å². The van der Waals surface area contributed by atoms with Crippen molar-refractivity contribution in [1.29, 1.82) is 0 Å². The van der Waals surface area contributed by atoms with Crippen LogP contribution in [0.25, 0.3) is 0 Å². The third-order valence-electron chi connectivity index (χ3n) is 4.32. The second-order valence-electron chi connectivity index (χ2n) is 5.36. The van der Waals surface area contributed by atoms with E-state index in [1.165, 1.54) is 12.8 Å². The molecule has 1 aromatic carbocycles. The van der Waals surface area contributed by atoms with E-state index in [0.717, 1.165) is 25.1 Å². The number of aliphatic hydroxyl groups excluding tert-OH is 1. The molecule has 0 bridgehead atoms. The van der Waals surface area contributed by atoms with Crippen molar-refractivity contribution in [3.63, 3.8) is 0 Å². The first kappa shape index (κ1) is 13.9. The van der Waals surface area contributed by atoms with Gasteiger partial charge in [-0.3, -0.25) is 4.90 Å². The maximum absolute atomic E-state index is 10.7. The van der Waals surface area contributed by atoms with Gasteiger partial charge in [0.05, 0.1) is 6.10 Å². The minimum atomic E-state index is -0.460. The SMILES string of the molecule is CCC(C)(C(O)c1ccc(Cl)cc1)N1CCCC1. The molecule has 3 heteroatoms. The fourth-order valence-corrected chi connectivity index (χ4v) is 2.95. The van der Waals surface area contributed by atoms with Gasteiger partial charge in [0.2, 0.25) is 0 Å². The van der Waals surface area contributed by atoms with Gasteiger partial charge in [0.15, 0.2) is 0 Å². The third kappa shape index (κ3) is 2.56. The van der Waals surface area contributed by atoms with Crippen molar-refractivity contribution >= 4 is 11.6 Å². The van der Waals surface area contributed by atoms with E-state index in [4.69, 9.17) is 11.6 Å². The van der Waals surface area contributed by atoms with E-state index in [2.05, 4.69) is 18.7 Å². The van der Waals surface area contributed by atoms with Crippen molar-refractivity contribution in [2.75, 3.05) is 13.1 Å². The number of nitrogens with zero attached hydrogens (tertiary/aromatic N) is 1. The lowest BCUT2D eigenvalue weighted by Crippen LogP contribution is -2.48. The van der Waals surface area contributed by atoms with Gasteiger partial charge in [0, 0.05) is 10.6 Å². The van der Waals surface area contributed by atoms with Gasteiger partial charge in [-0.15, -0.1) is 0 Å². The topological polar surface area (TPSA) is 23.5 Å². The Morgan fingerprint density at radius 2 is 1.83 bits per heavy atom. The lowest BCUT2D eigenvalue weighted by molar-refractivity contribution is -0.0140. The molecule has 0 amide bonds. The lowest BCUT2D eigenvalue weighted by Gasteiger charge is -2.42. The predicted molar refractivity (Wildman–Crippen MR) is 75.9 cm³/mol. The Morgan fingerprint density at radius 3 is 2.33 bits per heavy atom. The normalized spacial score (nSPS) is 21.8. The fourth-order valence-electron chi connectivity index (χ4n) is 2.82. The van der Waals surface area contributed by atoms with Crippen LogP contribution in [0.5, 0.6) is 0 Å². The van der Waals surface area contributed by atoms with Crippen LogP contribution in [0.15, 0.2) is 24.3 Å². The number of halogens is 1. The van der Waals surface area contributed by atoms with Gasteiger partial charge in [0.25, 0.3) is 0 Å². The highest BCUT2D eigenvalue weighted by atomic mass is 35.5. The van der Waals surface area contributed by atoms with E-state index in [1.54, 1.807) is 0 Å². The number of hydrogen-bond acceptors (Lipinski definition) is 2. The highest BCUT2D eigenvalue weighted by Crippen LogP contribution is 2.36. The number of likely N-dealkylation sites (tertiary alicyclic amines) is 1. The average Bonchev–Trinajstić information content (AvgIpc) is 2.92.